The first-order valence-electron chi connectivity index (χ1n) is 7.79. The summed E-state index contributed by atoms with van der Waals surface area (Å²) in [5.41, 5.74) is 3.06. The second-order valence-corrected chi connectivity index (χ2v) is 5.64. The molecule has 0 spiro atoms. The number of benzene rings is 2. The van der Waals surface area contributed by atoms with E-state index in [4.69, 9.17) is 0 Å². The van der Waals surface area contributed by atoms with Gasteiger partial charge in [-0.2, -0.15) is 0 Å². The maximum absolute atomic E-state index is 12.6. The normalized spacial score (nSPS) is 12.2. The van der Waals surface area contributed by atoms with Crippen LogP contribution in [0, 0.1) is 0 Å². The molecule has 0 aliphatic rings. The number of aromatic nitrogens is 6. The minimum absolute atomic E-state index is 0.192. The summed E-state index contributed by atoms with van der Waals surface area (Å²) in [6, 6.07) is 14.6. The van der Waals surface area contributed by atoms with Crippen LogP contribution in [-0.4, -0.2) is 36.1 Å². The molecule has 2 aromatic heterocycles. The first-order chi connectivity index (χ1) is 12.2. The first kappa shape index (κ1) is 15.0. The zero-order valence-electron chi connectivity index (χ0n) is 13.4. The van der Waals surface area contributed by atoms with Gasteiger partial charge in [-0.1, -0.05) is 18.2 Å². The van der Waals surface area contributed by atoms with Crippen molar-refractivity contribution in [1.29, 1.82) is 0 Å². The van der Waals surface area contributed by atoms with Gasteiger partial charge in [-0.05, 0) is 47.7 Å². The lowest BCUT2D eigenvalue weighted by molar-refractivity contribution is 0.0938. The van der Waals surface area contributed by atoms with Gasteiger partial charge in [-0.3, -0.25) is 4.79 Å². The van der Waals surface area contributed by atoms with Gasteiger partial charge in [-0.25, -0.2) is 9.67 Å². The van der Waals surface area contributed by atoms with Gasteiger partial charge in [0.1, 0.15) is 12.2 Å². The molecule has 4 aromatic rings. The first-order valence-corrected chi connectivity index (χ1v) is 7.79. The molecule has 1 unspecified atom stereocenters. The fourth-order valence-corrected chi connectivity index (χ4v) is 2.60. The van der Waals surface area contributed by atoms with Crippen molar-refractivity contribution in [2.75, 3.05) is 0 Å². The average molecular weight is 333 g/mol. The maximum Gasteiger partial charge on any atom is 0.251 e. The van der Waals surface area contributed by atoms with Crippen molar-refractivity contribution in [2.45, 2.75) is 13.0 Å². The highest BCUT2D eigenvalue weighted by Crippen LogP contribution is 2.16. The van der Waals surface area contributed by atoms with Gasteiger partial charge in [0.25, 0.3) is 5.91 Å². The van der Waals surface area contributed by atoms with Crippen LogP contribution in [-0.2, 0) is 0 Å². The van der Waals surface area contributed by atoms with Crippen LogP contribution in [0.25, 0.3) is 16.7 Å². The van der Waals surface area contributed by atoms with E-state index in [0.29, 0.717) is 17.1 Å². The molecule has 0 aliphatic heterocycles. The monoisotopic (exact) mass is 333 g/mol. The second-order valence-electron chi connectivity index (χ2n) is 5.64. The van der Waals surface area contributed by atoms with Crippen molar-refractivity contribution in [3.8, 4) is 5.69 Å². The summed E-state index contributed by atoms with van der Waals surface area (Å²) in [7, 11) is 0. The van der Waals surface area contributed by atoms with Gasteiger partial charge in [-0.15, -0.1) is 5.10 Å². The van der Waals surface area contributed by atoms with Crippen LogP contribution < -0.4 is 5.32 Å². The lowest BCUT2D eigenvalue weighted by atomic mass is 10.1. The maximum atomic E-state index is 12.6. The Morgan fingerprint density at radius 2 is 2.08 bits per heavy atom. The number of para-hydroxylation sites is 2. The summed E-state index contributed by atoms with van der Waals surface area (Å²) in [5.74, 6) is 0.522. The number of amides is 1. The van der Waals surface area contributed by atoms with Crippen molar-refractivity contribution in [2.24, 2.45) is 0 Å². The number of rotatable bonds is 4. The van der Waals surface area contributed by atoms with Gasteiger partial charge in [0.15, 0.2) is 0 Å². The van der Waals surface area contributed by atoms with E-state index < -0.39 is 0 Å². The van der Waals surface area contributed by atoms with Crippen molar-refractivity contribution in [3.05, 3.63) is 66.2 Å². The molecule has 4 rings (SSSR count). The van der Waals surface area contributed by atoms with Crippen LogP contribution in [0.3, 0.4) is 0 Å². The van der Waals surface area contributed by atoms with Crippen LogP contribution in [0.15, 0.2) is 54.9 Å². The Labute approximate surface area is 142 Å². The number of tetrazole rings is 1. The average Bonchev–Trinajstić information content (AvgIpc) is 3.31. The van der Waals surface area contributed by atoms with Gasteiger partial charge in [0, 0.05) is 5.56 Å². The number of H-pyrrole nitrogens is 1. The van der Waals surface area contributed by atoms with Gasteiger partial charge >= 0.3 is 0 Å². The molecule has 0 bridgehead atoms. The Kier molecular flexibility index (Phi) is 3.70. The molecule has 2 N–H and O–H groups in total. The van der Waals surface area contributed by atoms with Crippen LogP contribution in [0.5, 0.6) is 0 Å². The fraction of sp³-hybridized carbons (Fsp3) is 0.118. The third kappa shape index (κ3) is 2.97. The van der Waals surface area contributed by atoms with Gasteiger partial charge in [0.05, 0.1) is 22.8 Å². The molecule has 25 heavy (non-hydrogen) atoms. The van der Waals surface area contributed by atoms with Crippen molar-refractivity contribution in [1.82, 2.24) is 35.5 Å². The topological polar surface area (TPSA) is 101 Å². The summed E-state index contributed by atoms with van der Waals surface area (Å²) in [6.45, 7) is 1.89. The van der Waals surface area contributed by atoms with E-state index in [2.05, 4.69) is 30.8 Å². The summed E-state index contributed by atoms with van der Waals surface area (Å²) >= 11 is 0. The highest BCUT2D eigenvalue weighted by molar-refractivity contribution is 5.95. The molecule has 0 aliphatic carbocycles. The molecule has 1 amide bonds. The quantitative estimate of drug-likeness (QED) is 0.595. The Morgan fingerprint density at radius 1 is 1.20 bits per heavy atom. The zero-order chi connectivity index (χ0) is 17.2. The standard InChI is InChI=1S/C17H15N7O/c1-11(16-20-14-7-2-3-8-15(14)21-16)19-17(25)12-5-4-6-13(9-12)24-10-18-22-23-24/h2-11H,1H3,(H,19,25)(H,20,21). The number of carbonyl (C=O) groups excluding carboxylic acids is 1. The fourth-order valence-electron chi connectivity index (χ4n) is 2.60. The van der Waals surface area contributed by atoms with E-state index in [-0.39, 0.29) is 11.9 Å². The predicted molar refractivity (Wildman–Crippen MR) is 91.1 cm³/mol. The molecular weight excluding hydrogens is 318 g/mol. The van der Waals surface area contributed by atoms with Crippen LogP contribution in [0.1, 0.15) is 29.1 Å². The number of nitrogens with one attached hydrogen (secondary N) is 2. The largest absolute Gasteiger partial charge is 0.342 e. The smallest absolute Gasteiger partial charge is 0.251 e. The second kappa shape index (κ2) is 6.16. The van der Waals surface area contributed by atoms with Crippen LogP contribution >= 0.6 is 0 Å². The third-order valence-electron chi connectivity index (χ3n) is 3.89. The Balaban J connectivity index is 1.54. The molecule has 8 heteroatoms. The highest BCUT2D eigenvalue weighted by Gasteiger charge is 2.15. The lowest BCUT2D eigenvalue weighted by Crippen LogP contribution is -2.27. The highest BCUT2D eigenvalue weighted by atomic mass is 16.1. The molecule has 124 valence electrons. The molecule has 0 fully saturated rings. The Bertz CT molecular complexity index is 989. The van der Waals surface area contributed by atoms with E-state index in [1.165, 1.54) is 11.0 Å². The van der Waals surface area contributed by atoms with Crippen LogP contribution in [0.4, 0.5) is 0 Å². The molecule has 2 heterocycles. The SMILES string of the molecule is CC(NC(=O)c1cccc(-n2cnnn2)c1)c1nc2ccccc2[nH]1. The number of fused-ring (bicyclic) bond motifs is 1. The predicted octanol–water partition coefficient (Wildman–Crippen LogP) is 2.03. The molecule has 8 nitrogen and oxygen atoms in total. The lowest BCUT2D eigenvalue weighted by Gasteiger charge is -2.12. The molecule has 1 atom stereocenters. The van der Waals surface area contributed by atoms with E-state index >= 15 is 0 Å². The molecule has 0 saturated carbocycles. The van der Waals surface area contributed by atoms with E-state index in [9.17, 15) is 4.79 Å². The third-order valence-corrected chi connectivity index (χ3v) is 3.89. The Morgan fingerprint density at radius 3 is 2.88 bits per heavy atom. The van der Waals surface area contributed by atoms with Crippen molar-refractivity contribution in [3.63, 3.8) is 0 Å². The van der Waals surface area contributed by atoms with Gasteiger partial charge in [0.2, 0.25) is 0 Å². The minimum atomic E-state index is -0.253. The molecule has 0 radical (unpaired) electrons. The van der Waals surface area contributed by atoms with Gasteiger partial charge < -0.3 is 10.3 Å². The molecular formula is C17H15N7O. The number of hydrogen-bond donors (Lipinski definition) is 2. The molecule has 0 saturated heterocycles. The Hall–Kier alpha value is -3.55. The minimum Gasteiger partial charge on any atom is -0.342 e. The van der Waals surface area contributed by atoms with Crippen LogP contribution in [0.2, 0.25) is 0 Å². The van der Waals surface area contributed by atoms with Crippen molar-refractivity contribution >= 4 is 16.9 Å². The number of carbonyl (C=O) groups is 1. The number of hydrogen-bond acceptors (Lipinski definition) is 5. The van der Waals surface area contributed by atoms with E-state index in [1.807, 2.05) is 37.3 Å². The summed E-state index contributed by atoms with van der Waals surface area (Å²) < 4.78 is 1.50. The zero-order valence-corrected chi connectivity index (χ0v) is 13.4. The van der Waals surface area contributed by atoms with Crippen molar-refractivity contribution < 1.29 is 4.79 Å². The number of nitrogens with zero attached hydrogens (tertiary/aromatic N) is 5. The van der Waals surface area contributed by atoms with E-state index in [1.54, 1.807) is 18.2 Å². The number of imidazole rings is 1. The summed E-state index contributed by atoms with van der Waals surface area (Å²) in [4.78, 5) is 20.3. The summed E-state index contributed by atoms with van der Waals surface area (Å²) in [5, 5.41) is 14.0. The summed E-state index contributed by atoms with van der Waals surface area (Å²) in [6.07, 6.45) is 1.48. The molecule has 2 aromatic carbocycles. The number of aromatic amines is 1. The van der Waals surface area contributed by atoms with E-state index in [0.717, 1.165) is 11.0 Å².